The standard InChI is InChI=1S/C48H36N2O2/c1-27(2)45-41(25-49)39-23-37(32-19-17-31(18-20-32)36-15-9-13-30-11-7-8-14-35(30)36)43-44(48(39)52-45)38(34-21-16-29-10-5-6-12-33(29)22-34)24-40-42(26-50)46(28(3)4)51-47(40)43/h5-24,27-28,42,46H,1-4H3. The lowest BCUT2D eigenvalue weighted by molar-refractivity contribution is 0.169. The minimum absolute atomic E-state index is 0.00335. The lowest BCUT2D eigenvalue weighted by Gasteiger charge is -2.18. The first kappa shape index (κ1) is 31.6. The molecule has 0 fully saturated rings. The van der Waals surface area contributed by atoms with Crippen molar-refractivity contribution in [1.82, 2.24) is 0 Å². The molecule has 2 unspecified atom stereocenters. The van der Waals surface area contributed by atoms with Gasteiger partial charge in [-0.3, -0.25) is 0 Å². The maximum absolute atomic E-state index is 10.6. The van der Waals surface area contributed by atoms with E-state index in [4.69, 9.17) is 9.15 Å². The molecule has 2 atom stereocenters. The molecule has 8 aromatic rings. The van der Waals surface area contributed by atoms with Crippen molar-refractivity contribution in [3.63, 3.8) is 0 Å². The first-order valence-electron chi connectivity index (χ1n) is 18.0. The van der Waals surface area contributed by atoms with Crippen molar-refractivity contribution in [3.8, 4) is 51.3 Å². The Morgan fingerprint density at radius 1 is 0.596 bits per heavy atom. The largest absolute Gasteiger partial charge is 0.487 e. The van der Waals surface area contributed by atoms with Crippen molar-refractivity contribution in [3.05, 3.63) is 138 Å². The SMILES string of the molecule is CC(C)c1oc2c(cc(-c3ccc(-c4cccc5ccccc45)cc3)c3c4c(cc(-c5ccc6ccccc6c5)c32)C(C#N)C(C(C)C)O4)c1C#N. The van der Waals surface area contributed by atoms with Crippen LogP contribution in [0.15, 0.2) is 126 Å². The van der Waals surface area contributed by atoms with E-state index in [2.05, 4.69) is 161 Å². The topological polar surface area (TPSA) is 69.9 Å². The van der Waals surface area contributed by atoms with Crippen LogP contribution in [0.25, 0.3) is 76.7 Å². The van der Waals surface area contributed by atoms with Crippen molar-refractivity contribution in [2.75, 3.05) is 0 Å². The van der Waals surface area contributed by atoms with Gasteiger partial charge in [0.2, 0.25) is 0 Å². The van der Waals surface area contributed by atoms with E-state index < -0.39 is 5.92 Å². The minimum atomic E-state index is -0.437. The van der Waals surface area contributed by atoms with Gasteiger partial charge in [-0.15, -0.1) is 0 Å². The molecule has 0 saturated heterocycles. The summed E-state index contributed by atoms with van der Waals surface area (Å²) in [6.45, 7) is 8.34. The number of furan rings is 1. The predicted octanol–water partition coefficient (Wildman–Crippen LogP) is 12.9. The van der Waals surface area contributed by atoms with Gasteiger partial charge in [0.1, 0.15) is 40.7 Å². The third kappa shape index (κ3) is 4.79. The number of nitriles is 2. The molecule has 0 saturated carbocycles. The van der Waals surface area contributed by atoms with E-state index in [1.165, 1.54) is 16.3 Å². The number of fused-ring (bicyclic) bond motifs is 7. The van der Waals surface area contributed by atoms with Crippen LogP contribution in [0.3, 0.4) is 0 Å². The molecule has 0 radical (unpaired) electrons. The molecule has 9 rings (SSSR count). The summed E-state index contributed by atoms with van der Waals surface area (Å²) in [5, 5.41) is 28.5. The van der Waals surface area contributed by atoms with E-state index in [-0.39, 0.29) is 17.9 Å². The number of benzene rings is 7. The van der Waals surface area contributed by atoms with E-state index in [0.29, 0.717) is 16.9 Å². The highest BCUT2D eigenvalue weighted by molar-refractivity contribution is 6.21. The van der Waals surface area contributed by atoms with Crippen molar-refractivity contribution in [1.29, 1.82) is 10.5 Å². The summed E-state index contributed by atoms with van der Waals surface area (Å²) >= 11 is 0. The molecule has 0 aliphatic carbocycles. The Morgan fingerprint density at radius 2 is 1.25 bits per heavy atom. The van der Waals surface area contributed by atoms with Gasteiger partial charge in [-0.25, -0.2) is 0 Å². The highest BCUT2D eigenvalue weighted by atomic mass is 16.5. The van der Waals surface area contributed by atoms with Crippen LogP contribution < -0.4 is 4.74 Å². The van der Waals surface area contributed by atoms with Gasteiger partial charge in [0.15, 0.2) is 0 Å². The second kappa shape index (κ2) is 12.2. The molecule has 0 bridgehead atoms. The molecule has 2 heterocycles. The van der Waals surface area contributed by atoms with E-state index >= 15 is 0 Å². The van der Waals surface area contributed by atoms with E-state index in [1.54, 1.807) is 0 Å². The smallest absolute Gasteiger partial charge is 0.144 e. The highest BCUT2D eigenvalue weighted by Gasteiger charge is 2.40. The Morgan fingerprint density at radius 3 is 1.96 bits per heavy atom. The normalized spacial score (nSPS) is 15.4. The molecule has 1 aromatic heterocycles. The average Bonchev–Trinajstić information content (AvgIpc) is 3.75. The first-order chi connectivity index (χ1) is 25.4. The summed E-state index contributed by atoms with van der Waals surface area (Å²) in [6, 6.07) is 47.8. The van der Waals surface area contributed by atoms with Crippen LogP contribution >= 0.6 is 0 Å². The fourth-order valence-electron chi connectivity index (χ4n) is 8.22. The third-order valence-electron chi connectivity index (χ3n) is 10.8. The predicted molar refractivity (Wildman–Crippen MR) is 211 cm³/mol. The second-order valence-electron chi connectivity index (χ2n) is 14.6. The molecule has 1 aliphatic heterocycles. The van der Waals surface area contributed by atoms with Gasteiger partial charge in [-0.1, -0.05) is 131 Å². The molecular weight excluding hydrogens is 637 g/mol. The Balaban J connectivity index is 1.39. The monoisotopic (exact) mass is 672 g/mol. The Hall–Kier alpha value is -6.36. The molecule has 250 valence electrons. The molecule has 7 aromatic carbocycles. The van der Waals surface area contributed by atoms with Crippen LogP contribution in [0, 0.1) is 28.6 Å². The van der Waals surface area contributed by atoms with Crippen LogP contribution in [0.5, 0.6) is 5.75 Å². The Bertz CT molecular complexity index is 2800. The zero-order chi connectivity index (χ0) is 35.7. The number of hydrogen-bond acceptors (Lipinski definition) is 4. The third-order valence-corrected chi connectivity index (χ3v) is 10.8. The van der Waals surface area contributed by atoms with Crippen molar-refractivity contribution >= 4 is 43.3 Å². The van der Waals surface area contributed by atoms with Gasteiger partial charge in [0, 0.05) is 27.6 Å². The van der Waals surface area contributed by atoms with E-state index in [0.717, 1.165) is 66.1 Å². The maximum atomic E-state index is 10.6. The van der Waals surface area contributed by atoms with Gasteiger partial charge >= 0.3 is 0 Å². The summed E-state index contributed by atoms with van der Waals surface area (Å²) in [6.07, 6.45) is -0.301. The van der Waals surface area contributed by atoms with Crippen LogP contribution in [0.2, 0.25) is 0 Å². The summed E-state index contributed by atoms with van der Waals surface area (Å²) in [4.78, 5) is 0. The van der Waals surface area contributed by atoms with Crippen LogP contribution in [-0.2, 0) is 0 Å². The number of rotatable bonds is 5. The van der Waals surface area contributed by atoms with Gasteiger partial charge in [-0.05, 0) is 79.0 Å². The molecule has 52 heavy (non-hydrogen) atoms. The zero-order valence-electron chi connectivity index (χ0n) is 29.6. The van der Waals surface area contributed by atoms with E-state index in [9.17, 15) is 10.5 Å². The first-order valence-corrected chi connectivity index (χ1v) is 18.0. The second-order valence-corrected chi connectivity index (χ2v) is 14.6. The summed E-state index contributed by atoms with van der Waals surface area (Å²) in [5.74, 6) is 1.07. The van der Waals surface area contributed by atoms with Crippen molar-refractivity contribution in [2.45, 2.75) is 45.6 Å². The Labute approximate surface area is 303 Å². The van der Waals surface area contributed by atoms with Crippen molar-refractivity contribution < 1.29 is 9.15 Å². The lowest BCUT2D eigenvalue weighted by Crippen LogP contribution is -2.24. The molecule has 1 aliphatic rings. The lowest BCUT2D eigenvalue weighted by atomic mass is 9.84. The average molecular weight is 673 g/mol. The quantitative estimate of drug-likeness (QED) is 0.182. The van der Waals surface area contributed by atoms with Gasteiger partial charge < -0.3 is 9.15 Å². The molecule has 0 N–H and O–H groups in total. The van der Waals surface area contributed by atoms with Crippen LogP contribution in [0.4, 0.5) is 0 Å². The van der Waals surface area contributed by atoms with Crippen LogP contribution in [0.1, 0.15) is 56.4 Å². The fraction of sp³-hybridized carbons (Fsp3) is 0.167. The molecular formula is C48H36N2O2. The summed E-state index contributed by atoms with van der Waals surface area (Å²) in [5.41, 5.74) is 8.33. The van der Waals surface area contributed by atoms with Crippen molar-refractivity contribution in [2.24, 2.45) is 5.92 Å². The minimum Gasteiger partial charge on any atom is -0.487 e. The molecule has 4 nitrogen and oxygen atoms in total. The number of hydrogen-bond donors (Lipinski definition) is 0. The Kier molecular flexibility index (Phi) is 7.39. The number of ether oxygens (including phenoxy) is 1. The molecule has 4 heteroatoms. The molecule has 0 spiro atoms. The van der Waals surface area contributed by atoms with Crippen LogP contribution in [-0.4, -0.2) is 6.10 Å². The zero-order valence-corrected chi connectivity index (χ0v) is 29.6. The number of nitrogens with zero attached hydrogens (tertiary/aromatic N) is 2. The summed E-state index contributed by atoms with van der Waals surface area (Å²) < 4.78 is 13.6. The molecule has 0 amide bonds. The highest BCUT2D eigenvalue weighted by Crippen LogP contribution is 2.54. The maximum Gasteiger partial charge on any atom is 0.144 e. The summed E-state index contributed by atoms with van der Waals surface area (Å²) in [7, 11) is 0. The van der Waals surface area contributed by atoms with Gasteiger partial charge in [0.05, 0.1) is 6.07 Å². The van der Waals surface area contributed by atoms with Gasteiger partial charge in [-0.2, -0.15) is 10.5 Å². The fourth-order valence-corrected chi connectivity index (χ4v) is 8.22. The van der Waals surface area contributed by atoms with E-state index in [1.807, 2.05) is 0 Å². The van der Waals surface area contributed by atoms with Gasteiger partial charge in [0.25, 0.3) is 0 Å².